The van der Waals surface area contributed by atoms with Gasteiger partial charge in [0.2, 0.25) is 6.79 Å². The predicted molar refractivity (Wildman–Crippen MR) is 82.4 cm³/mol. The van der Waals surface area contributed by atoms with Gasteiger partial charge in [0.25, 0.3) is 0 Å². The second kappa shape index (κ2) is 5.14. The first-order chi connectivity index (χ1) is 11.3. The maximum Gasteiger partial charge on any atom is 0.231 e. The van der Waals surface area contributed by atoms with E-state index in [1.54, 1.807) is 4.68 Å². The van der Waals surface area contributed by atoms with Crippen LogP contribution in [-0.4, -0.2) is 21.8 Å². The van der Waals surface area contributed by atoms with Crippen molar-refractivity contribution in [1.82, 2.24) is 15.0 Å². The minimum atomic E-state index is 0.213. The molecule has 4 rings (SSSR count). The summed E-state index contributed by atoms with van der Waals surface area (Å²) in [5.41, 5.74) is 3.71. The highest BCUT2D eigenvalue weighted by Crippen LogP contribution is 2.35. The largest absolute Gasteiger partial charge is 0.454 e. The Hall–Kier alpha value is -3.33. The van der Waals surface area contributed by atoms with Gasteiger partial charge in [0.05, 0.1) is 5.69 Å². The normalized spacial score (nSPS) is 12.2. The van der Waals surface area contributed by atoms with Crippen LogP contribution < -0.4 is 9.47 Å². The average Bonchev–Trinajstić information content (AvgIpc) is 3.20. The summed E-state index contributed by atoms with van der Waals surface area (Å²) in [7, 11) is 0. The summed E-state index contributed by atoms with van der Waals surface area (Å²) in [6.07, 6.45) is 0. The maximum absolute atomic E-state index is 9.35. The van der Waals surface area contributed by atoms with Gasteiger partial charge in [-0.05, 0) is 25.1 Å². The standard InChI is InChI=1S/C17H12N4O2/c1-11-3-2-4-12(7-11)17-14(9-18)19-20-21(17)13-5-6-15-16(8-13)23-10-22-15/h2-8H,10H2,1H3. The lowest BCUT2D eigenvalue weighted by atomic mass is 10.1. The minimum Gasteiger partial charge on any atom is -0.454 e. The van der Waals surface area contributed by atoms with Crippen molar-refractivity contribution >= 4 is 0 Å². The lowest BCUT2D eigenvalue weighted by Crippen LogP contribution is -2.00. The van der Waals surface area contributed by atoms with Crippen LogP contribution in [0, 0.1) is 18.3 Å². The highest BCUT2D eigenvalue weighted by molar-refractivity contribution is 5.68. The fourth-order valence-electron chi connectivity index (χ4n) is 2.61. The average molecular weight is 304 g/mol. The third-order valence-corrected chi connectivity index (χ3v) is 3.67. The molecule has 1 aliphatic heterocycles. The van der Waals surface area contributed by atoms with Crippen molar-refractivity contribution in [1.29, 1.82) is 5.26 Å². The number of nitrogens with zero attached hydrogens (tertiary/aromatic N) is 4. The van der Waals surface area contributed by atoms with Gasteiger partial charge in [-0.25, -0.2) is 4.68 Å². The summed E-state index contributed by atoms with van der Waals surface area (Å²) in [5.74, 6) is 1.36. The van der Waals surface area contributed by atoms with Crippen molar-refractivity contribution in [2.24, 2.45) is 0 Å². The molecule has 1 aliphatic rings. The molecule has 2 aromatic carbocycles. The monoisotopic (exact) mass is 304 g/mol. The number of fused-ring (bicyclic) bond motifs is 1. The van der Waals surface area contributed by atoms with E-state index in [9.17, 15) is 5.26 Å². The van der Waals surface area contributed by atoms with Crippen molar-refractivity contribution in [3.8, 4) is 34.5 Å². The van der Waals surface area contributed by atoms with Gasteiger partial charge in [0, 0.05) is 11.6 Å². The van der Waals surface area contributed by atoms with Crippen LogP contribution in [0.4, 0.5) is 0 Å². The molecule has 0 fully saturated rings. The molecule has 2 heterocycles. The number of hydrogen-bond donors (Lipinski definition) is 0. The lowest BCUT2D eigenvalue weighted by molar-refractivity contribution is 0.174. The number of nitriles is 1. The Morgan fingerprint density at radius 1 is 1.13 bits per heavy atom. The van der Waals surface area contributed by atoms with Crippen LogP contribution in [-0.2, 0) is 0 Å². The Labute approximate surface area is 132 Å². The molecule has 0 atom stereocenters. The first-order valence-corrected chi connectivity index (χ1v) is 7.09. The van der Waals surface area contributed by atoms with Crippen LogP contribution >= 0.6 is 0 Å². The Bertz CT molecular complexity index is 940. The molecule has 6 nitrogen and oxygen atoms in total. The van der Waals surface area contributed by atoms with Crippen LogP contribution in [0.5, 0.6) is 11.5 Å². The van der Waals surface area contributed by atoms with Gasteiger partial charge in [-0.15, -0.1) is 5.10 Å². The highest BCUT2D eigenvalue weighted by Gasteiger charge is 2.19. The highest BCUT2D eigenvalue weighted by atomic mass is 16.7. The van der Waals surface area contributed by atoms with Gasteiger partial charge in [-0.3, -0.25) is 0 Å². The van der Waals surface area contributed by atoms with Crippen molar-refractivity contribution in [2.75, 3.05) is 6.79 Å². The lowest BCUT2D eigenvalue weighted by Gasteiger charge is -2.08. The van der Waals surface area contributed by atoms with E-state index in [0.29, 0.717) is 17.2 Å². The molecule has 0 aliphatic carbocycles. The second-order valence-electron chi connectivity index (χ2n) is 5.22. The summed E-state index contributed by atoms with van der Waals surface area (Å²) in [4.78, 5) is 0. The number of hydrogen-bond acceptors (Lipinski definition) is 5. The molecular formula is C17H12N4O2. The molecule has 0 spiro atoms. The van der Waals surface area contributed by atoms with E-state index in [1.807, 2.05) is 49.4 Å². The molecule has 0 radical (unpaired) electrons. The molecule has 0 amide bonds. The van der Waals surface area contributed by atoms with E-state index in [4.69, 9.17) is 9.47 Å². The molecule has 112 valence electrons. The van der Waals surface area contributed by atoms with Gasteiger partial charge in [0.1, 0.15) is 11.8 Å². The van der Waals surface area contributed by atoms with E-state index in [1.165, 1.54) is 0 Å². The summed E-state index contributed by atoms with van der Waals surface area (Å²) in [6, 6.07) is 15.5. The number of benzene rings is 2. The zero-order chi connectivity index (χ0) is 15.8. The molecule has 6 heteroatoms. The quantitative estimate of drug-likeness (QED) is 0.728. The molecule has 0 saturated heterocycles. The molecule has 0 N–H and O–H groups in total. The Kier molecular flexibility index (Phi) is 2.98. The number of aromatic nitrogens is 3. The number of aryl methyl sites for hydroxylation is 1. The van der Waals surface area contributed by atoms with Crippen LogP contribution in [0.3, 0.4) is 0 Å². The Morgan fingerprint density at radius 3 is 2.83 bits per heavy atom. The first kappa shape index (κ1) is 13.3. The molecule has 0 saturated carbocycles. The molecule has 23 heavy (non-hydrogen) atoms. The Balaban J connectivity index is 1.90. The zero-order valence-corrected chi connectivity index (χ0v) is 12.4. The maximum atomic E-state index is 9.35. The van der Waals surface area contributed by atoms with E-state index in [-0.39, 0.29) is 12.5 Å². The van der Waals surface area contributed by atoms with Crippen molar-refractivity contribution in [3.63, 3.8) is 0 Å². The smallest absolute Gasteiger partial charge is 0.231 e. The van der Waals surface area contributed by atoms with Gasteiger partial charge < -0.3 is 9.47 Å². The first-order valence-electron chi connectivity index (χ1n) is 7.09. The summed E-state index contributed by atoms with van der Waals surface area (Å²) in [5, 5.41) is 17.5. The second-order valence-corrected chi connectivity index (χ2v) is 5.22. The molecular weight excluding hydrogens is 292 g/mol. The topological polar surface area (TPSA) is 73.0 Å². The van der Waals surface area contributed by atoms with E-state index < -0.39 is 0 Å². The predicted octanol–water partition coefficient (Wildman–Crippen LogP) is 2.84. The molecule has 1 aromatic heterocycles. The van der Waals surface area contributed by atoms with Gasteiger partial charge >= 0.3 is 0 Å². The third-order valence-electron chi connectivity index (χ3n) is 3.67. The van der Waals surface area contributed by atoms with Gasteiger partial charge in [-0.1, -0.05) is 29.0 Å². The summed E-state index contributed by atoms with van der Waals surface area (Å²) < 4.78 is 12.4. The SMILES string of the molecule is Cc1cccc(-c2c(C#N)nnn2-c2ccc3c(c2)OCO3)c1. The summed E-state index contributed by atoms with van der Waals surface area (Å²) in [6.45, 7) is 2.22. The van der Waals surface area contributed by atoms with E-state index in [0.717, 1.165) is 16.8 Å². The fraction of sp³-hybridized carbons (Fsp3) is 0.118. The van der Waals surface area contributed by atoms with Crippen LogP contribution in [0.2, 0.25) is 0 Å². The van der Waals surface area contributed by atoms with Crippen molar-refractivity contribution in [3.05, 3.63) is 53.7 Å². The van der Waals surface area contributed by atoms with Gasteiger partial charge in [-0.2, -0.15) is 5.26 Å². The van der Waals surface area contributed by atoms with Crippen molar-refractivity contribution in [2.45, 2.75) is 6.92 Å². The fourth-order valence-corrected chi connectivity index (χ4v) is 2.61. The molecule has 0 unspecified atom stereocenters. The van der Waals surface area contributed by atoms with Gasteiger partial charge in [0.15, 0.2) is 17.2 Å². The van der Waals surface area contributed by atoms with Crippen molar-refractivity contribution < 1.29 is 9.47 Å². The minimum absolute atomic E-state index is 0.213. The number of rotatable bonds is 2. The number of ether oxygens (including phenoxy) is 2. The van der Waals surface area contributed by atoms with Crippen LogP contribution in [0.15, 0.2) is 42.5 Å². The van der Waals surface area contributed by atoms with Crippen LogP contribution in [0.1, 0.15) is 11.3 Å². The van der Waals surface area contributed by atoms with E-state index >= 15 is 0 Å². The summed E-state index contributed by atoms with van der Waals surface area (Å²) >= 11 is 0. The van der Waals surface area contributed by atoms with Crippen LogP contribution in [0.25, 0.3) is 16.9 Å². The third kappa shape index (κ3) is 2.19. The molecule has 0 bridgehead atoms. The molecule has 3 aromatic rings. The van der Waals surface area contributed by atoms with E-state index in [2.05, 4.69) is 16.4 Å². The zero-order valence-electron chi connectivity index (χ0n) is 12.4. The Morgan fingerprint density at radius 2 is 2.00 bits per heavy atom.